The Hall–Kier alpha value is -2.47. The molecule has 122 valence electrons. The van der Waals surface area contributed by atoms with Gasteiger partial charge < -0.3 is 15.0 Å². The number of hydrogen-bond acceptors (Lipinski definition) is 2. The minimum atomic E-state index is -2.82. The fraction of sp³-hybridized carbons (Fsp3) is 0.235. The van der Waals surface area contributed by atoms with Gasteiger partial charge >= 0.3 is 6.61 Å². The largest absolute Gasteiger partial charge is 0.435 e. The Morgan fingerprint density at radius 3 is 2.39 bits per heavy atom. The van der Waals surface area contributed by atoms with Gasteiger partial charge in [-0.2, -0.15) is 8.78 Å². The number of anilines is 1. The van der Waals surface area contributed by atoms with E-state index < -0.39 is 6.61 Å². The Morgan fingerprint density at radius 2 is 1.78 bits per heavy atom. The summed E-state index contributed by atoms with van der Waals surface area (Å²) < 4.78 is 28.5. The number of halogens is 2. The molecule has 6 heteroatoms. The van der Waals surface area contributed by atoms with Crippen LogP contribution in [0.3, 0.4) is 0 Å². The molecule has 0 aliphatic rings. The number of carbonyl (C=O) groups is 1. The molecule has 0 aliphatic carbocycles. The van der Waals surface area contributed by atoms with Gasteiger partial charge in [-0.05, 0) is 36.4 Å². The lowest BCUT2D eigenvalue weighted by atomic mass is 10.2. The molecule has 0 bridgehead atoms. The van der Waals surface area contributed by atoms with Crippen molar-refractivity contribution in [3.05, 3.63) is 60.2 Å². The van der Waals surface area contributed by atoms with Gasteiger partial charge in [-0.3, -0.25) is 4.79 Å². The zero-order chi connectivity index (χ0) is 16.7. The van der Waals surface area contributed by atoms with Crippen molar-refractivity contribution in [3.63, 3.8) is 0 Å². The molecule has 1 atom stereocenters. The molecule has 23 heavy (non-hydrogen) atoms. The normalized spacial score (nSPS) is 12.0. The van der Waals surface area contributed by atoms with Crippen LogP contribution in [-0.2, 0) is 11.3 Å². The van der Waals surface area contributed by atoms with Crippen molar-refractivity contribution in [1.82, 2.24) is 0 Å². The third-order valence-corrected chi connectivity index (χ3v) is 3.17. The van der Waals surface area contributed by atoms with Crippen LogP contribution in [0.2, 0.25) is 0 Å². The highest BCUT2D eigenvalue weighted by molar-refractivity contribution is 5.91. The van der Waals surface area contributed by atoms with E-state index in [1.54, 1.807) is 12.1 Å². The van der Waals surface area contributed by atoms with E-state index in [0.29, 0.717) is 13.1 Å². The first-order valence-electron chi connectivity index (χ1n) is 7.23. The molecule has 4 nitrogen and oxygen atoms in total. The van der Waals surface area contributed by atoms with Crippen molar-refractivity contribution in [1.29, 1.82) is 0 Å². The summed E-state index contributed by atoms with van der Waals surface area (Å²) in [7, 11) is 1.90. The summed E-state index contributed by atoms with van der Waals surface area (Å²) in [6, 6.07) is 15.7. The summed E-state index contributed by atoms with van der Waals surface area (Å²) in [5.74, 6) is 0.0505. The number of carbonyl (C=O) groups excluding carboxylic acids is 1. The summed E-state index contributed by atoms with van der Waals surface area (Å²) in [5, 5.41) is 2.83. The monoisotopic (exact) mass is 321 g/mol. The zero-order valence-corrected chi connectivity index (χ0v) is 12.8. The van der Waals surface area contributed by atoms with Crippen LogP contribution in [0.5, 0.6) is 5.75 Å². The molecule has 0 spiro atoms. The highest BCUT2D eigenvalue weighted by Crippen LogP contribution is 2.14. The fourth-order valence-corrected chi connectivity index (χ4v) is 2.20. The maximum absolute atomic E-state index is 12.1. The molecule has 0 aliphatic heterocycles. The van der Waals surface area contributed by atoms with Crippen LogP contribution in [0.15, 0.2) is 54.6 Å². The number of ether oxygens (including phenoxy) is 1. The van der Waals surface area contributed by atoms with Gasteiger partial charge in [0.15, 0.2) is 6.54 Å². The summed E-state index contributed by atoms with van der Waals surface area (Å²) in [5.41, 5.74) is 1.70. The first-order valence-corrected chi connectivity index (χ1v) is 7.23. The number of rotatable bonds is 7. The van der Waals surface area contributed by atoms with Gasteiger partial charge in [-0.25, -0.2) is 0 Å². The number of quaternary nitrogens is 1. The van der Waals surface area contributed by atoms with Crippen molar-refractivity contribution >= 4 is 11.6 Å². The van der Waals surface area contributed by atoms with Crippen LogP contribution < -0.4 is 15.0 Å². The Bertz CT molecular complexity index is 618. The summed E-state index contributed by atoms with van der Waals surface area (Å²) >= 11 is 0. The summed E-state index contributed by atoms with van der Waals surface area (Å²) in [6.07, 6.45) is 0. The van der Waals surface area contributed by atoms with Crippen LogP contribution in [0.25, 0.3) is 0 Å². The van der Waals surface area contributed by atoms with Crippen molar-refractivity contribution in [2.45, 2.75) is 13.2 Å². The second kappa shape index (κ2) is 8.24. The maximum Gasteiger partial charge on any atom is 0.387 e. The van der Waals surface area contributed by atoms with Crippen LogP contribution in [0.4, 0.5) is 14.5 Å². The highest BCUT2D eigenvalue weighted by atomic mass is 19.3. The SMILES string of the molecule is C[NH+](CC(=O)Nc1ccccc1)Cc1ccc(OC(F)F)cc1. The molecule has 2 N–H and O–H groups in total. The molecule has 1 unspecified atom stereocenters. The molecular weight excluding hydrogens is 302 g/mol. The molecule has 0 saturated heterocycles. The molecule has 0 saturated carbocycles. The topological polar surface area (TPSA) is 42.8 Å². The smallest absolute Gasteiger partial charge is 0.387 e. The number of benzene rings is 2. The molecule has 0 radical (unpaired) electrons. The number of para-hydroxylation sites is 1. The summed E-state index contributed by atoms with van der Waals surface area (Å²) in [6.45, 7) is -1.91. The fourth-order valence-electron chi connectivity index (χ4n) is 2.20. The van der Waals surface area contributed by atoms with Crippen molar-refractivity contribution in [2.24, 2.45) is 0 Å². The van der Waals surface area contributed by atoms with Gasteiger partial charge in [0, 0.05) is 11.3 Å². The Labute approximate surface area is 133 Å². The van der Waals surface area contributed by atoms with Gasteiger partial charge in [-0.1, -0.05) is 18.2 Å². The number of alkyl halides is 2. The third kappa shape index (κ3) is 6.04. The molecule has 2 rings (SSSR count). The lowest BCUT2D eigenvalue weighted by Crippen LogP contribution is -3.08. The first-order chi connectivity index (χ1) is 11.0. The van der Waals surface area contributed by atoms with Gasteiger partial charge in [0.1, 0.15) is 12.3 Å². The Kier molecular flexibility index (Phi) is 6.05. The van der Waals surface area contributed by atoms with Crippen molar-refractivity contribution < 1.29 is 23.2 Å². The van der Waals surface area contributed by atoms with Gasteiger partial charge in [-0.15, -0.1) is 0 Å². The second-order valence-corrected chi connectivity index (χ2v) is 5.25. The number of likely N-dealkylation sites (N-methyl/N-ethyl adjacent to an activating group) is 1. The Morgan fingerprint density at radius 1 is 1.13 bits per heavy atom. The van der Waals surface area contributed by atoms with Crippen LogP contribution in [0, 0.1) is 0 Å². The van der Waals surface area contributed by atoms with E-state index in [0.717, 1.165) is 16.2 Å². The molecule has 0 aromatic heterocycles. The minimum absolute atomic E-state index is 0.0775. The first kappa shape index (κ1) is 16.9. The third-order valence-electron chi connectivity index (χ3n) is 3.17. The van der Waals surface area contributed by atoms with E-state index in [1.165, 1.54) is 12.1 Å². The highest BCUT2D eigenvalue weighted by Gasteiger charge is 2.11. The van der Waals surface area contributed by atoms with Crippen molar-refractivity contribution in [3.8, 4) is 5.75 Å². The van der Waals surface area contributed by atoms with E-state index >= 15 is 0 Å². The predicted octanol–water partition coefficient (Wildman–Crippen LogP) is 1.94. The second-order valence-electron chi connectivity index (χ2n) is 5.25. The zero-order valence-electron chi connectivity index (χ0n) is 12.8. The standard InChI is InChI=1S/C17H18F2N2O2/c1-21(12-16(22)20-14-5-3-2-4-6-14)11-13-7-9-15(10-8-13)23-17(18)19/h2-10,17H,11-12H2,1H3,(H,20,22)/p+1. The lowest BCUT2D eigenvalue weighted by molar-refractivity contribution is -0.885. The van der Waals surface area contributed by atoms with Gasteiger partial charge in [0.2, 0.25) is 0 Å². The predicted molar refractivity (Wildman–Crippen MR) is 83.6 cm³/mol. The molecular formula is C17H19F2N2O2+. The number of nitrogens with one attached hydrogen (secondary N) is 2. The van der Waals surface area contributed by atoms with E-state index in [4.69, 9.17) is 0 Å². The molecule has 2 aromatic carbocycles. The quantitative estimate of drug-likeness (QED) is 0.818. The molecule has 0 fully saturated rings. The van der Waals surface area contributed by atoms with Crippen LogP contribution in [0.1, 0.15) is 5.56 Å². The minimum Gasteiger partial charge on any atom is -0.435 e. The summed E-state index contributed by atoms with van der Waals surface area (Å²) in [4.78, 5) is 12.9. The molecule has 1 amide bonds. The van der Waals surface area contributed by atoms with Gasteiger partial charge in [0.05, 0.1) is 7.05 Å². The Balaban J connectivity index is 1.82. The average Bonchev–Trinajstić information content (AvgIpc) is 2.49. The van der Waals surface area contributed by atoms with Crippen LogP contribution >= 0.6 is 0 Å². The van der Waals surface area contributed by atoms with E-state index in [2.05, 4.69) is 10.1 Å². The average molecular weight is 321 g/mol. The molecule has 2 aromatic rings. The van der Waals surface area contributed by atoms with Crippen LogP contribution in [-0.4, -0.2) is 26.1 Å². The van der Waals surface area contributed by atoms with E-state index in [1.807, 2.05) is 37.4 Å². The van der Waals surface area contributed by atoms with E-state index in [-0.39, 0.29) is 11.7 Å². The van der Waals surface area contributed by atoms with Gasteiger partial charge in [0.25, 0.3) is 5.91 Å². The number of hydrogen-bond donors (Lipinski definition) is 2. The molecule has 0 heterocycles. The van der Waals surface area contributed by atoms with Crippen molar-refractivity contribution in [2.75, 3.05) is 18.9 Å². The van der Waals surface area contributed by atoms with E-state index in [9.17, 15) is 13.6 Å². The maximum atomic E-state index is 12.1. The number of amides is 1. The lowest BCUT2D eigenvalue weighted by Gasteiger charge is -2.14.